The molecule has 1 aromatic rings. The van der Waals surface area contributed by atoms with Crippen molar-refractivity contribution in [3.05, 3.63) is 30.1 Å². The Morgan fingerprint density at radius 1 is 1.24 bits per heavy atom. The van der Waals surface area contributed by atoms with E-state index in [-0.39, 0.29) is 17.9 Å². The molecule has 118 valence electrons. The normalized spacial score (nSPS) is 21.2. The molecule has 0 amide bonds. The van der Waals surface area contributed by atoms with Crippen molar-refractivity contribution >= 4 is 0 Å². The standard InChI is InChI=1S/C16H23F3N2/c1-15(2)7-3-13(4-8-15)21-14(16(17,18)19)11-12-5-9-20-10-6-12/h5-6,9-10,13-14,21H,3-4,7-8,11H2,1-2H3/t14-/m1/s1. The van der Waals surface area contributed by atoms with Crippen LogP contribution in [0, 0.1) is 5.41 Å². The molecular formula is C16H23F3N2. The third-order valence-corrected chi connectivity index (χ3v) is 4.36. The van der Waals surface area contributed by atoms with Crippen molar-refractivity contribution in [1.82, 2.24) is 10.3 Å². The molecule has 0 radical (unpaired) electrons. The van der Waals surface area contributed by atoms with Crippen LogP contribution in [0.5, 0.6) is 0 Å². The maximum Gasteiger partial charge on any atom is 0.404 e. The van der Waals surface area contributed by atoms with Crippen LogP contribution in [0.4, 0.5) is 13.2 Å². The van der Waals surface area contributed by atoms with Gasteiger partial charge in [0.15, 0.2) is 0 Å². The average molecular weight is 300 g/mol. The molecule has 1 fully saturated rings. The Hall–Kier alpha value is -1.10. The topological polar surface area (TPSA) is 24.9 Å². The van der Waals surface area contributed by atoms with E-state index in [1.807, 2.05) is 0 Å². The second kappa shape index (κ2) is 6.34. The largest absolute Gasteiger partial charge is 0.404 e. The Balaban J connectivity index is 1.98. The van der Waals surface area contributed by atoms with Crippen molar-refractivity contribution in [3.8, 4) is 0 Å². The first-order valence-corrected chi connectivity index (χ1v) is 7.48. The molecule has 1 aliphatic carbocycles. The summed E-state index contributed by atoms with van der Waals surface area (Å²) in [7, 11) is 0. The Labute approximate surface area is 124 Å². The lowest BCUT2D eigenvalue weighted by molar-refractivity contribution is -0.158. The molecule has 1 atom stereocenters. The summed E-state index contributed by atoms with van der Waals surface area (Å²) in [5.74, 6) is 0. The number of alkyl halides is 3. The van der Waals surface area contributed by atoms with Gasteiger partial charge in [-0.1, -0.05) is 13.8 Å². The number of nitrogens with one attached hydrogen (secondary N) is 1. The number of hydrogen-bond acceptors (Lipinski definition) is 2. The Bertz CT molecular complexity index is 433. The highest BCUT2D eigenvalue weighted by Gasteiger charge is 2.41. The fourth-order valence-corrected chi connectivity index (χ4v) is 2.87. The van der Waals surface area contributed by atoms with Gasteiger partial charge in [-0.25, -0.2) is 0 Å². The van der Waals surface area contributed by atoms with Gasteiger partial charge < -0.3 is 5.32 Å². The third kappa shape index (κ3) is 4.99. The lowest BCUT2D eigenvalue weighted by Gasteiger charge is -2.37. The van der Waals surface area contributed by atoms with Crippen LogP contribution in [0.15, 0.2) is 24.5 Å². The zero-order valence-electron chi connectivity index (χ0n) is 12.6. The molecule has 5 heteroatoms. The predicted octanol–water partition coefficient (Wildman–Crippen LogP) is 4.11. The van der Waals surface area contributed by atoms with Gasteiger partial charge in [0.05, 0.1) is 0 Å². The van der Waals surface area contributed by atoms with Crippen LogP contribution in [-0.2, 0) is 6.42 Å². The summed E-state index contributed by atoms with van der Waals surface area (Å²) in [6, 6.07) is 1.77. The van der Waals surface area contributed by atoms with Crippen LogP contribution in [-0.4, -0.2) is 23.2 Å². The van der Waals surface area contributed by atoms with Gasteiger partial charge in [0.1, 0.15) is 6.04 Å². The minimum Gasteiger partial charge on any atom is -0.303 e. The maximum atomic E-state index is 13.2. The zero-order valence-corrected chi connectivity index (χ0v) is 12.6. The summed E-state index contributed by atoms with van der Waals surface area (Å²) >= 11 is 0. The Kier molecular flexibility index (Phi) is 4.91. The predicted molar refractivity (Wildman–Crippen MR) is 77.0 cm³/mol. The van der Waals surface area contributed by atoms with Crippen LogP contribution < -0.4 is 5.32 Å². The SMILES string of the molecule is CC1(C)CCC(N[C@H](Cc2ccncc2)C(F)(F)F)CC1. The van der Waals surface area contributed by atoms with Gasteiger partial charge in [-0.15, -0.1) is 0 Å². The summed E-state index contributed by atoms with van der Waals surface area (Å²) in [6.45, 7) is 4.36. The number of nitrogens with zero attached hydrogens (tertiary/aromatic N) is 1. The molecule has 0 saturated heterocycles. The summed E-state index contributed by atoms with van der Waals surface area (Å²) in [6.07, 6.45) is 2.39. The van der Waals surface area contributed by atoms with Crippen molar-refractivity contribution in [2.24, 2.45) is 5.41 Å². The van der Waals surface area contributed by atoms with E-state index in [1.165, 1.54) is 12.4 Å². The van der Waals surface area contributed by atoms with Gasteiger partial charge in [-0.05, 0) is 55.2 Å². The highest BCUT2D eigenvalue weighted by Crippen LogP contribution is 2.36. The number of pyridine rings is 1. The van der Waals surface area contributed by atoms with Crippen molar-refractivity contribution in [3.63, 3.8) is 0 Å². The molecule has 0 bridgehead atoms. The minimum atomic E-state index is -4.23. The van der Waals surface area contributed by atoms with E-state index in [4.69, 9.17) is 0 Å². The average Bonchev–Trinajstić information content (AvgIpc) is 2.40. The van der Waals surface area contributed by atoms with Gasteiger partial charge in [-0.3, -0.25) is 4.98 Å². The molecule has 0 unspecified atom stereocenters. The molecule has 1 N–H and O–H groups in total. The maximum absolute atomic E-state index is 13.2. The molecule has 0 aliphatic heterocycles. The van der Waals surface area contributed by atoms with Crippen molar-refractivity contribution in [2.45, 2.75) is 64.2 Å². The van der Waals surface area contributed by atoms with Gasteiger partial charge in [0, 0.05) is 18.4 Å². The first-order chi connectivity index (χ1) is 9.76. The van der Waals surface area contributed by atoms with Crippen LogP contribution in [0.3, 0.4) is 0 Å². The lowest BCUT2D eigenvalue weighted by atomic mass is 9.75. The highest BCUT2D eigenvalue weighted by atomic mass is 19.4. The highest BCUT2D eigenvalue weighted by molar-refractivity contribution is 5.12. The molecular weight excluding hydrogens is 277 g/mol. The van der Waals surface area contributed by atoms with Crippen LogP contribution >= 0.6 is 0 Å². The first-order valence-electron chi connectivity index (χ1n) is 7.48. The van der Waals surface area contributed by atoms with Crippen LogP contribution in [0.1, 0.15) is 45.1 Å². The monoisotopic (exact) mass is 300 g/mol. The van der Waals surface area contributed by atoms with Gasteiger partial charge in [-0.2, -0.15) is 13.2 Å². The zero-order chi connectivity index (χ0) is 15.5. The van der Waals surface area contributed by atoms with Crippen molar-refractivity contribution < 1.29 is 13.2 Å². The molecule has 1 aromatic heterocycles. The summed E-state index contributed by atoms with van der Waals surface area (Å²) in [5, 5.41) is 2.84. The molecule has 1 aliphatic rings. The molecule has 2 rings (SSSR count). The molecule has 0 spiro atoms. The summed E-state index contributed by atoms with van der Waals surface area (Å²) in [4.78, 5) is 3.84. The number of halogens is 3. The first kappa shape index (κ1) is 16.3. The third-order valence-electron chi connectivity index (χ3n) is 4.36. The second-order valence-electron chi connectivity index (χ2n) is 6.76. The van der Waals surface area contributed by atoms with E-state index < -0.39 is 12.2 Å². The van der Waals surface area contributed by atoms with E-state index in [2.05, 4.69) is 24.1 Å². The molecule has 1 saturated carbocycles. The van der Waals surface area contributed by atoms with Gasteiger partial charge >= 0.3 is 6.18 Å². The van der Waals surface area contributed by atoms with E-state index in [0.29, 0.717) is 5.56 Å². The van der Waals surface area contributed by atoms with Crippen molar-refractivity contribution in [2.75, 3.05) is 0 Å². The van der Waals surface area contributed by atoms with E-state index in [9.17, 15) is 13.2 Å². The smallest absolute Gasteiger partial charge is 0.303 e. The summed E-state index contributed by atoms with van der Waals surface area (Å²) < 4.78 is 39.7. The molecule has 2 nitrogen and oxygen atoms in total. The van der Waals surface area contributed by atoms with Crippen LogP contribution in [0.2, 0.25) is 0 Å². The Morgan fingerprint density at radius 2 is 1.81 bits per heavy atom. The fourth-order valence-electron chi connectivity index (χ4n) is 2.87. The van der Waals surface area contributed by atoms with E-state index in [0.717, 1.165) is 25.7 Å². The number of rotatable bonds is 4. The minimum absolute atomic E-state index is 0.0357. The fraction of sp³-hybridized carbons (Fsp3) is 0.688. The lowest BCUT2D eigenvalue weighted by Crippen LogP contribution is -2.50. The number of hydrogen-bond donors (Lipinski definition) is 1. The quantitative estimate of drug-likeness (QED) is 0.905. The van der Waals surface area contributed by atoms with Crippen LogP contribution in [0.25, 0.3) is 0 Å². The molecule has 21 heavy (non-hydrogen) atoms. The summed E-state index contributed by atoms with van der Waals surface area (Å²) in [5.41, 5.74) is 0.924. The van der Waals surface area contributed by atoms with Crippen molar-refractivity contribution in [1.29, 1.82) is 0 Å². The molecule has 0 aromatic carbocycles. The van der Waals surface area contributed by atoms with E-state index >= 15 is 0 Å². The second-order valence-corrected chi connectivity index (χ2v) is 6.76. The van der Waals surface area contributed by atoms with Gasteiger partial charge in [0.25, 0.3) is 0 Å². The van der Waals surface area contributed by atoms with Gasteiger partial charge in [0.2, 0.25) is 0 Å². The Morgan fingerprint density at radius 3 is 2.33 bits per heavy atom. The van der Waals surface area contributed by atoms with E-state index in [1.54, 1.807) is 12.1 Å². The number of aromatic nitrogens is 1. The molecule has 1 heterocycles.